The van der Waals surface area contributed by atoms with E-state index in [0.29, 0.717) is 0 Å². The molecule has 0 aliphatic rings. The number of unbranched alkanes of at least 4 members (excludes halogenated alkanes) is 3. The lowest BCUT2D eigenvalue weighted by atomic mass is 10.2. The Morgan fingerprint density at radius 1 is 1.00 bits per heavy atom. The van der Waals surface area contributed by atoms with Crippen LogP contribution in [0.3, 0.4) is 0 Å². The zero-order chi connectivity index (χ0) is 17.3. The van der Waals surface area contributed by atoms with Crippen LogP contribution in [0.2, 0.25) is 0 Å². The minimum absolute atomic E-state index is 0.777. The van der Waals surface area contributed by atoms with Crippen LogP contribution in [-0.2, 0) is 6.54 Å². The molecule has 0 aliphatic carbocycles. The van der Waals surface area contributed by atoms with Gasteiger partial charge in [-0.05, 0) is 49.9 Å². The maximum atomic E-state index is 5.82. The first-order valence-corrected chi connectivity index (χ1v) is 8.82. The highest BCUT2D eigenvalue weighted by Gasteiger charge is 2.03. The highest BCUT2D eigenvalue weighted by Crippen LogP contribution is 2.17. The Morgan fingerprint density at radius 2 is 1.88 bits per heavy atom. The summed E-state index contributed by atoms with van der Waals surface area (Å²) in [6.07, 6.45) is 10.1. The number of ether oxygens (including phenoxy) is 1. The van der Waals surface area contributed by atoms with Crippen molar-refractivity contribution < 1.29 is 4.74 Å². The molecule has 0 unspecified atom stereocenters. The number of aromatic nitrogens is 4. The van der Waals surface area contributed by atoms with Gasteiger partial charge < -0.3 is 4.74 Å². The molecule has 2 heterocycles. The SMILES string of the molecule is Cc1ccccc1OCCCCCCn1cc(-c2cccnc2)nn1. The summed E-state index contributed by atoms with van der Waals surface area (Å²) in [6, 6.07) is 12.1. The quantitative estimate of drug-likeness (QED) is 0.547. The third-order valence-electron chi connectivity index (χ3n) is 4.13. The Labute approximate surface area is 148 Å². The smallest absolute Gasteiger partial charge is 0.122 e. The van der Waals surface area contributed by atoms with Crippen molar-refractivity contribution in [1.29, 1.82) is 0 Å². The molecule has 3 rings (SSSR count). The Morgan fingerprint density at radius 3 is 2.72 bits per heavy atom. The summed E-state index contributed by atoms with van der Waals surface area (Å²) in [4.78, 5) is 4.11. The molecule has 1 aromatic carbocycles. The zero-order valence-corrected chi connectivity index (χ0v) is 14.6. The van der Waals surface area contributed by atoms with E-state index in [1.54, 1.807) is 6.20 Å². The molecule has 0 N–H and O–H groups in total. The number of hydrogen-bond acceptors (Lipinski definition) is 4. The van der Waals surface area contributed by atoms with Crippen molar-refractivity contribution in [3.8, 4) is 17.0 Å². The molecule has 130 valence electrons. The monoisotopic (exact) mass is 336 g/mol. The zero-order valence-electron chi connectivity index (χ0n) is 14.6. The van der Waals surface area contributed by atoms with Crippen LogP contribution in [0.5, 0.6) is 5.75 Å². The molecule has 0 radical (unpaired) electrons. The lowest BCUT2D eigenvalue weighted by Crippen LogP contribution is -2.01. The van der Waals surface area contributed by atoms with E-state index >= 15 is 0 Å². The maximum Gasteiger partial charge on any atom is 0.122 e. The standard InChI is InChI=1S/C20H24N4O/c1-17-9-4-5-11-20(17)25-14-7-3-2-6-13-24-16-19(22-23-24)18-10-8-12-21-15-18/h4-5,8-12,15-16H,2-3,6-7,13-14H2,1H3. The molecule has 0 aliphatic heterocycles. The summed E-state index contributed by atoms with van der Waals surface area (Å²) >= 11 is 0. The van der Waals surface area contributed by atoms with Crippen LogP contribution >= 0.6 is 0 Å². The predicted molar refractivity (Wildman–Crippen MR) is 98.4 cm³/mol. The highest BCUT2D eigenvalue weighted by molar-refractivity contribution is 5.55. The van der Waals surface area contributed by atoms with Gasteiger partial charge in [0.2, 0.25) is 0 Å². The summed E-state index contributed by atoms with van der Waals surface area (Å²) in [6.45, 7) is 3.75. The third kappa shape index (κ3) is 5.14. The Hall–Kier alpha value is -2.69. The predicted octanol–water partition coefficient (Wildman–Crippen LogP) is 4.29. The minimum atomic E-state index is 0.777. The van der Waals surface area contributed by atoms with Crippen molar-refractivity contribution in [2.24, 2.45) is 0 Å². The van der Waals surface area contributed by atoms with Gasteiger partial charge in [-0.3, -0.25) is 9.67 Å². The normalized spacial score (nSPS) is 10.8. The van der Waals surface area contributed by atoms with Crippen LogP contribution < -0.4 is 4.74 Å². The molecule has 5 heteroatoms. The molecule has 0 bridgehead atoms. The molecular formula is C20H24N4O. The van der Waals surface area contributed by atoms with Gasteiger partial charge in [0.25, 0.3) is 0 Å². The second-order valence-electron chi connectivity index (χ2n) is 6.14. The first-order valence-electron chi connectivity index (χ1n) is 8.82. The molecule has 2 aromatic heterocycles. The molecular weight excluding hydrogens is 312 g/mol. The number of nitrogens with zero attached hydrogens (tertiary/aromatic N) is 4. The number of aryl methyl sites for hydroxylation is 2. The highest BCUT2D eigenvalue weighted by atomic mass is 16.5. The number of para-hydroxylation sites is 1. The lowest BCUT2D eigenvalue weighted by Gasteiger charge is -2.08. The number of rotatable bonds is 9. The van der Waals surface area contributed by atoms with Gasteiger partial charge in [0.1, 0.15) is 11.4 Å². The summed E-state index contributed by atoms with van der Waals surface area (Å²) < 4.78 is 7.73. The largest absolute Gasteiger partial charge is 0.493 e. The molecule has 0 amide bonds. The minimum Gasteiger partial charge on any atom is -0.493 e. The average molecular weight is 336 g/mol. The maximum absolute atomic E-state index is 5.82. The molecule has 0 fully saturated rings. The average Bonchev–Trinajstić information content (AvgIpc) is 3.12. The van der Waals surface area contributed by atoms with E-state index in [1.165, 1.54) is 12.0 Å². The van der Waals surface area contributed by atoms with Crippen molar-refractivity contribution >= 4 is 0 Å². The van der Waals surface area contributed by atoms with E-state index in [1.807, 2.05) is 47.4 Å². The van der Waals surface area contributed by atoms with E-state index in [4.69, 9.17) is 4.74 Å². The first kappa shape index (κ1) is 17.1. The van der Waals surface area contributed by atoms with Gasteiger partial charge in [0.15, 0.2) is 0 Å². The lowest BCUT2D eigenvalue weighted by molar-refractivity contribution is 0.302. The number of hydrogen-bond donors (Lipinski definition) is 0. The van der Waals surface area contributed by atoms with Crippen LogP contribution in [0.1, 0.15) is 31.2 Å². The van der Waals surface area contributed by atoms with Crippen molar-refractivity contribution in [3.63, 3.8) is 0 Å². The van der Waals surface area contributed by atoms with Crippen molar-refractivity contribution in [3.05, 3.63) is 60.6 Å². The molecule has 0 saturated heterocycles. The topological polar surface area (TPSA) is 52.8 Å². The second kappa shape index (κ2) is 8.97. The van der Waals surface area contributed by atoms with Crippen LogP contribution in [0.25, 0.3) is 11.3 Å². The van der Waals surface area contributed by atoms with Gasteiger partial charge >= 0.3 is 0 Å². The van der Waals surface area contributed by atoms with Gasteiger partial charge in [0.05, 0.1) is 12.8 Å². The molecule has 5 nitrogen and oxygen atoms in total. The van der Waals surface area contributed by atoms with Crippen molar-refractivity contribution in [2.75, 3.05) is 6.61 Å². The van der Waals surface area contributed by atoms with E-state index in [-0.39, 0.29) is 0 Å². The van der Waals surface area contributed by atoms with Crippen LogP contribution in [-0.4, -0.2) is 26.6 Å². The summed E-state index contributed by atoms with van der Waals surface area (Å²) in [5.74, 6) is 0.994. The third-order valence-corrected chi connectivity index (χ3v) is 4.13. The molecule has 3 aromatic rings. The van der Waals surface area contributed by atoms with E-state index in [0.717, 1.165) is 49.4 Å². The summed E-state index contributed by atoms with van der Waals surface area (Å²) in [5, 5.41) is 8.40. The second-order valence-corrected chi connectivity index (χ2v) is 6.14. The van der Waals surface area contributed by atoms with E-state index < -0.39 is 0 Å². The summed E-state index contributed by atoms with van der Waals surface area (Å²) in [7, 11) is 0. The fourth-order valence-electron chi connectivity index (χ4n) is 2.68. The molecule has 0 spiro atoms. The van der Waals surface area contributed by atoms with Crippen molar-refractivity contribution in [1.82, 2.24) is 20.0 Å². The van der Waals surface area contributed by atoms with E-state index in [2.05, 4.69) is 28.3 Å². The number of benzene rings is 1. The molecule has 0 saturated carbocycles. The Bertz CT molecular complexity index is 770. The fourth-order valence-corrected chi connectivity index (χ4v) is 2.68. The van der Waals surface area contributed by atoms with E-state index in [9.17, 15) is 0 Å². The van der Waals surface area contributed by atoms with Crippen LogP contribution in [0.15, 0.2) is 55.0 Å². The van der Waals surface area contributed by atoms with Gasteiger partial charge in [-0.15, -0.1) is 5.10 Å². The summed E-state index contributed by atoms with van der Waals surface area (Å²) in [5.41, 5.74) is 3.07. The van der Waals surface area contributed by atoms with Gasteiger partial charge in [-0.1, -0.05) is 29.8 Å². The number of pyridine rings is 1. The first-order chi connectivity index (χ1) is 12.3. The van der Waals surface area contributed by atoms with Gasteiger partial charge in [0, 0.05) is 24.5 Å². The van der Waals surface area contributed by atoms with Gasteiger partial charge in [-0.25, -0.2) is 0 Å². The fraction of sp³-hybridized carbons (Fsp3) is 0.350. The Kier molecular flexibility index (Phi) is 6.15. The Balaban J connectivity index is 1.31. The van der Waals surface area contributed by atoms with Gasteiger partial charge in [-0.2, -0.15) is 0 Å². The van der Waals surface area contributed by atoms with Crippen molar-refractivity contribution in [2.45, 2.75) is 39.2 Å². The van der Waals surface area contributed by atoms with Crippen LogP contribution in [0, 0.1) is 6.92 Å². The van der Waals surface area contributed by atoms with Crippen LogP contribution in [0.4, 0.5) is 0 Å². The molecule has 25 heavy (non-hydrogen) atoms. The molecule has 0 atom stereocenters.